The predicted molar refractivity (Wildman–Crippen MR) is 152 cm³/mol. The van der Waals surface area contributed by atoms with Crippen molar-refractivity contribution in [2.24, 2.45) is 11.8 Å². The van der Waals surface area contributed by atoms with Gasteiger partial charge < -0.3 is 14.7 Å². The second-order valence-electron chi connectivity index (χ2n) is 11.6. The fraction of sp³-hybridized carbons (Fsp3) is 0.500. The van der Waals surface area contributed by atoms with Crippen LogP contribution in [0.4, 0.5) is 5.69 Å². The Kier molecular flexibility index (Phi) is 7.14. The van der Waals surface area contributed by atoms with Crippen LogP contribution < -0.4 is 14.4 Å². The van der Waals surface area contributed by atoms with Crippen molar-refractivity contribution in [2.45, 2.75) is 56.5 Å². The van der Waals surface area contributed by atoms with Crippen LogP contribution in [0.3, 0.4) is 0 Å². The summed E-state index contributed by atoms with van der Waals surface area (Å²) < 4.78 is 33.9. The van der Waals surface area contributed by atoms with Crippen molar-refractivity contribution in [1.82, 2.24) is 4.72 Å². The number of fused-ring (bicyclic) bond motifs is 4. The minimum Gasteiger partial charge on any atom is -0.490 e. The summed E-state index contributed by atoms with van der Waals surface area (Å²) in [4.78, 5) is 15.4. The lowest BCUT2D eigenvalue weighted by Gasteiger charge is -2.45. The summed E-state index contributed by atoms with van der Waals surface area (Å²) in [5.41, 5.74) is 3.35. The number of amides is 1. The minimum absolute atomic E-state index is 0.144. The van der Waals surface area contributed by atoms with Crippen LogP contribution in [0.25, 0.3) is 0 Å². The van der Waals surface area contributed by atoms with Gasteiger partial charge in [0, 0.05) is 29.1 Å². The second kappa shape index (κ2) is 10.5. The van der Waals surface area contributed by atoms with Crippen molar-refractivity contribution >= 4 is 33.2 Å². The molecule has 1 amide bonds. The smallest absolute Gasteiger partial charge is 0.264 e. The summed E-state index contributed by atoms with van der Waals surface area (Å²) in [6, 6.07) is 11.3. The van der Waals surface area contributed by atoms with E-state index in [2.05, 4.69) is 21.8 Å². The summed E-state index contributed by atoms with van der Waals surface area (Å²) in [6.07, 6.45) is 8.98. The number of aliphatic hydroxyl groups excluding tert-OH is 1. The number of anilines is 1. The van der Waals surface area contributed by atoms with Gasteiger partial charge >= 0.3 is 0 Å². The summed E-state index contributed by atoms with van der Waals surface area (Å²) in [5, 5.41) is 11.7. The van der Waals surface area contributed by atoms with Crippen molar-refractivity contribution in [1.29, 1.82) is 0 Å². The number of hydrogen-bond donors (Lipinski definition) is 2. The van der Waals surface area contributed by atoms with Gasteiger partial charge in [0.1, 0.15) is 5.75 Å². The summed E-state index contributed by atoms with van der Waals surface area (Å²) in [7, 11) is -3.78. The SMILES string of the molecule is O=C1NS(=O)(=O)CCC/C=C\[C@@H](O)[C@@H]2CC[C@H]2CN2C[C@@]3(CCCc4cc(Cl)ccc43)COc3ccc1cc32. The molecule has 0 unspecified atom stereocenters. The number of rotatable bonds is 0. The van der Waals surface area contributed by atoms with Gasteiger partial charge in [0.25, 0.3) is 5.91 Å². The van der Waals surface area contributed by atoms with Crippen LogP contribution in [0.15, 0.2) is 48.6 Å². The Morgan fingerprint density at radius 3 is 2.82 bits per heavy atom. The number of carbonyl (C=O) groups excluding carboxylic acids is 1. The molecule has 4 aliphatic rings. The highest BCUT2D eigenvalue weighted by Gasteiger charge is 2.44. The first-order valence-corrected chi connectivity index (χ1v) is 16.0. The van der Waals surface area contributed by atoms with E-state index in [-0.39, 0.29) is 22.6 Å². The third kappa shape index (κ3) is 5.31. The highest BCUT2D eigenvalue weighted by atomic mass is 35.5. The Labute approximate surface area is 235 Å². The first-order chi connectivity index (χ1) is 18.7. The normalized spacial score (nSPS) is 31.1. The van der Waals surface area contributed by atoms with Crippen LogP contribution in [0.2, 0.25) is 5.02 Å². The van der Waals surface area contributed by atoms with Gasteiger partial charge in [-0.05, 0) is 98.2 Å². The molecule has 7 nitrogen and oxygen atoms in total. The van der Waals surface area contributed by atoms with Crippen LogP contribution in [0, 0.1) is 11.8 Å². The molecule has 2 aromatic rings. The maximum atomic E-state index is 13.0. The average Bonchev–Trinajstić information content (AvgIpc) is 3.02. The number of carbonyl (C=O) groups is 1. The van der Waals surface area contributed by atoms with E-state index in [9.17, 15) is 18.3 Å². The van der Waals surface area contributed by atoms with Gasteiger partial charge in [0.2, 0.25) is 10.0 Å². The Morgan fingerprint density at radius 1 is 1.13 bits per heavy atom. The van der Waals surface area contributed by atoms with Gasteiger partial charge in [-0.15, -0.1) is 0 Å². The number of hydrogen-bond acceptors (Lipinski definition) is 6. The fourth-order valence-electron chi connectivity index (χ4n) is 6.83. The standard InChI is InChI=1S/C30H35ClN2O5S/c31-23-9-11-25-20(15-23)5-4-13-30(25)18-33-17-22-7-10-24(22)27(34)6-2-1-3-14-39(36,37)32-29(35)21-8-12-28(38-19-30)26(33)16-21/h2,6,8-9,11-12,15-16,22,24,27,34H,1,3-5,7,10,13-14,17-19H2,(H,32,35)/b6-2-/t22-,24+,27+,30-/m0/s1. The summed E-state index contributed by atoms with van der Waals surface area (Å²) in [6.45, 7) is 1.93. The number of nitrogens with zero attached hydrogens (tertiary/aromatic N) is 1. The first-order valence-electron chi connectivity index (χ1n) is 13.9. The van der Waals surface area contributed by atoms with Crippen molar-refractivity contribution < 1.29 is 23.1 Å². The van der Waals surface area contributed by atoms with Crippen molar-refractivity contribution in [3.05, 3.63) is 70.3 Å². The summed E-state index contributed by atoms with van der Waals surface area (Å²) in [5.74, 6) is 0.341. The molecule has 39 heavy (non-hydrogen) atoms. The molecule has 0 radical (unpaired) electrons. The monoisotopic (exact) mass is 570 g/mol. The third-order valence-electron chi connectivity index (χ3n) is 9.03. The molecule has 6 rings (SSSR count). The van der Waals surface area contributed by atoms with E-state index in [1.807, 2.05) is 18.2 Å². The number of nitrogens with one attached hydrogen (secondary N) is 1. The van der Waals surface area contributed by atoms with Crippen LogP contribution in [-0.4, -0.2) is 51.0 Å². The van der Waals surface area contributed by atoms with E-state index in [4.69, 9.17) is 16.3 Å². The van der Waals surface area contributed by atoms with Gasteiger partial charge in [0.05, 0.1) is 24.2 Å². The van der Waals surface area contributed by atoms with E-state index in [0.29, 0.717) is 37.7 Å². The number of allylic oxidation sites excluding steroid dienone is 1. The van der Waals surface area contributed by atoms with Crippen LogP contribution in [0.5, 0.6) is 5.75 Å². The molecule has 0 aromatic heterocycles. The van der Waals surface area contributed by atoms with Gasteiger partial charge in [-0.1, -0.05) is 29.8 Å². The lowest BCUT2D eigenvalue weighted by Crippen LogP contribution is -2.49. The maximum absolute atomic E-state index is 13.0. The second-order valence-corrected chi connectivity index (χ2v) is 13.9. The minimum atomic E-state index is -3.78. The molecular weight excluding hydrogens is 536 g/mol. The van der Waals surface area contributed by atoms with Gasteiger partial charge in [0.15, 0.2) is 0 Å². The van der Waals surface area contributed by atoms with E-state index < -0.39 is 22.0 Å². The zero-order valence-corrected chi connectivity index (χ0v) is 23.5. The molecule has 208 valence electrons. The number of sulfonamides is 1. The average molecular weight is 571 g/mol. The zero-order valence-electron chi connectivity index (χ0n) is 21.9. The van der Waals surface area contributed by atoms with E-state index in [1.165, 1.54) is 11.1 Å². The predicted octanol–water partition coefficient (Wildman–Crippen LogP) is 4.61. The highest BCUT2D eigenvalue weighted by Crippen LogP contribution is 2.46. The van der Waals surface area contributed by atoms with Crippen molar-refractivity contribution in [3.8, 4) is 5.75 Å². The molecule has 2 aliphatic heterocycles. The molecule has 1 saturated carbocycles. The molecule has 2 N–H and O–H groups in total. The lowest BCUT2D eigenvalue weighted by atomic mass is 9.68. The molecule has 4 atom stereocenters. The first kappa shape index (κ1) is 26.7. The van der Waals surface area contributed by atoms with Crippen LogP contribution in [-0.2, 0) is 21.9 Å². The quantitative estimate of drug-likeness (QED) is 0.449. The van der Waals surface area contributed by atoms with E-state index in [1.54, 1.807) is 18.2 Å². The Balaban J connectivity index is 1.42. The van der Waals surface area contributed by atoms with Gasteiger partial charge in [-0.3, -0.25) is 4.79 Å². The number of aryl methyl sites for hydroxylation is 1. The molecule has 2 aromatic carbocycles. The Morgan fingerprint density at radius 2 is 2.00 bits per heavy atom. The van der Waals surface area contributed by atoms with Crippen molar-refractivity contribution in [2.75, 3.05) is 30.3 Å². The molecule has 1 fully saturated rings. The highest BCUT2D eigenvalue weighted by molar-refractivity contribution is 7.90. The summed E-state index contributed by atoms with van der Waals surface area (Å²) >= 11 is 6.36. The Hall–Kier alpha value is -2.55. The number of benzene rings is 2. The van der Waals surface area contributed by atoms with Crippen molar-refractivity contribution in [3.63, 3.8) is 0 Å². The number of halogens is 1. The number of ether oxygens (including phenoxy) is 1. The Bertz CT molecular complexity index is 1410. The van der Waals surface area contributed by atoms with Crippen LogP contribution in [0.1, 0.15) is 60.0 Å². The van der Waals surface area contributed by atoms with E-state index in [0.717, 1.165) is 49.4 Å². The van der Waals surface area contributed by atoms with Gasteiger partial charge in [-0.25, -0.2) is 13.1 Å². The fourth-order valence-corrected chi connectivity index (χ4v) is 8.07. The topological polar surface area (TPSA) is 95.9 Å². The molecule has 9 heteroatoms. The molecule has 2 bridgehead atoms. The largest absolute Gasteiger partial charge is 0.490 e. The lowest BCUT2D eigenvalue weighted by molar-refractivity contribution is 0.0456. The van der Waals surface area contributed by atoms with E-state index >= 15 is 0 Å². The zero-order chi connectivity index (χ0) is 27.2. The molecule has 1 spiro atoms. The van der Waals surface area contributed by atoms with Crippen LogP contribution >= 0.6 is 11.6 Å². The molecular formula is C30H35ClN2O5S. The van der Waals surface area contributed by atoms with Gasteiger partial charge in [-0.2, -0.15) is 0 Å². The molecule has 2 heterocycles. The molecule has 2 aliphatic carbocycles. The maximum Gasteiger partial charge on any atom is 0.264 e. The molecule has 0 saturated heterocycles. The third-order valence-corrected chi connectivity index (χ3v) is 10.6. The number of aliphatic hydroxyl groups is 1.